The van der Waals surface area contributed by atoms with E-state index >= 15 is 0 Å². The van der Waals surface area contributed by atoms with E-state index < -0.39 is 0 Å². The van der Waals surface area contributed by atoms with Crippen molar-refractivity contribution in [2.45, 2.75) is 11.8 Å². The maximum Gasteiger partial charge on any atom is 0.173 e. The highest BCUT2D eigenvalue weighted by molar-refractivity contribution is 7.98. The van der Waals surface area contributed by atoms with Gasteiger partial charge in [0.25, 0.3) is 0 Å². The second-order valence-electron chi connectivity index (χ2n) is 4.91. The number of thioether (sulfide) groups is 1. The molecular weight excluding hydrogens is 308 g/mol. The van der Waals surface area contributed by atoms with E-state index in [2.05, 4.69) is 4.98 Å². The van der Waals surface area contributed by atoms with Crippen LogP contribution in [0.5, 0.6) is 5.75 Å². The normalized spacial score (nSPS) is 10.5. The predicted molar refractivity (Wildman–Crippen MR) is 91.5 cm³/mol. The second kappa shape index (κ2) is 7.15. The minimum Gasteiger partial charge on any atom is -0.489 e. The number of rotatable bonds is 6. The van der Waals surface area contributed by atoms with Crippen LogP contribution in [-0.2, 0) is 6.61 Å². The van der Waals surface area contributed by atoms with Crippen LogP contribution in [0.2, 0.25) is 0 Å². The van der Waals surface area contributed by atoms with Crippen LogP contribution in [0.25, 0.3) is 5.69 Å². The van der Waals surface area contributed by atoms with E-state index in [-0.39, 0.29) is 0 Å². The minimum atomic E-state index is 0.429. The number of imidazole rings is 1. The first kappa shape index (κ1) is 15.4. The van der Waals surface area contributed by atoms with Crippen molar-refractivity contribution in [3.63, 3.8) is 0 Å². The van der Waals surface area contributed by atoms with Crippen molar-refractivity contribution < 1.29 is 9.53 Å². The molecule has 116 valence electrons. The number of carbonyl (C=O) groups excluding carboxylic acids is 1. The van der Waals surface area contributed by atoms with Gasteiger partial charge in [-0.05, 0) is 36.1 Å². The molecule has 3 aromatic rings. The zero-order chi connectivity index (χ0) is 16.1. The molecule has 0 amide bonds. The fourth-order valence-electron chi connectivity index (χ4n) is 2.21. The van der Waals surface area contributed by atoms with Gasteiger partial charge in [0, 0.05) is 11.9 Å². The third-order valence-electron chi connectivity index (χ3n) is 3.36. The average molecular weight is 324 g/mol. The predicted octanol–water partition coefficient (Wildman–Crippen LogP) is 3.99. The summed E-state index contributed by atoms with van der Waals surface area (Å²) in [5.74, 6) is 0.805. The molecule has 0 aliphatic heterocycles. The molecule has 0 aliphatic rings. The van der Waals surface area contributed by atoms with Crippen molar-refractivity contribution in [2.75, 3.05) is 6.26 Å². The summed E-state index contributed by atoms with van der Waals surface area (Å²) >= 11 is 1.50. The molecule has 0 atom stereocenters. The third-order valence-corrected chi connectivity index (χ3v) is 4.01. The van der Waals surface area contributed by atoms with Gasteiger partial charge in [0.15, 0.2) is 11.4 Å². The third kappa shape index (κ3) is 3.63. The van der Waals surface area contributed by atoms with Gasteiger partial charge in [0.1, 0.15) is 18.1 Å². The van der Waals surface area contributed by atoms with Crippen molar-refractivity contribution in [1.29, 1.82) is 0 Å². The lowest BCUT2D eigenvalue weighted by Crippen LogP contribution is -1.97. The molecule has 1 heterocycles. The first-order valence-electron chi connectivity index (χ1n) is 7.16. The molecule has 0 saturated carbocycles. The fourth-order valence-corrected chi connectivity index (χ4v) is 2.76. The summed E-state index contributed by atoms with van der Waals surface area (Å²) in [6.07, 6.45) is 4.43. The van der Waals surface area contributed by atoms with E-state index in [1.165, 1.54) is 11.8 Å². The number of hydrogen-bond donors (Lipinski definition) is 0. The van der Waals surface area contributed by atoms with Gasteiger partial charge in [-0.3, -0.25) is 9.36 Å². The lowest BCUT2D eigenvalue weighted by Gasteiger charge is -2.09. The van der Waals surface area contributed by atoms with Crippen LogP contribution in [0.3, 0.4) is 0 Å². The largest absolute Gasteiger partial charge is 0.489 e. The zero-order valence-corrected chi connectivity index (χ0v) is 13.5. The smallest absolute Gasteiger partial charge is 0.173 e. The van der Waals surface area contributed by atoms with E-state index in [0.717, 1.165) is 28.4 Å². The lowest BCUT2D eigenvalue weighted by atomic mass is 10.2. The molecule has 0 aliphatic carbocycles. The van der Waals surface area contributed by atoms with Crippen LogP contribution in [0.1, 0.15) is 16.1 Å². The molecule has 0 bridgehead atoms. The highest BCUT2D eigenvalue weighted by Crippen LogP contribution is 2.22. The summed E-state index contributed by atoms with van der Waals surface area (Å²) in [6.45, 7) is 0.538. The quantitative estimate of drug-likeness (QED) is 0.508. The van der Waals surface area contributed by atoms with Gasteiger partial charge in [-0.25, -0.2) is 4.98 Å². The van der Waals surface area contributed by atoms with E-state index in [1.807, 2.05) is 65.4 Å². The van der Waals surface area contributed by atoms with Gasteiger partial charge >= 0.3 is 0 Å². The van der Waals surface area contributed by atoms with Gasteiger partial charge in [0.2, 0.25) is 0 Å². The van der Waals surface area contributed by atoms with Crippen molar-refractivity contribution >= 4 is 18.0 Å². The number of nitrogens with zero attached hydrogens (tertiary/aromatic N) is 2. The number of ether oxygens (including phenoxy) is 1. The van der Waals surface area contributed by atoms with Gasteiger partial charge in [0.05, 0.1) is 0 Å². The van der Waals surface area contributed by atoms with Crippen LogP contribution in [0.15, 0.2) is 66.0 Å². The van der Waals surface area contributed by atoms with Gasteiger partial charge in [-0.1, -0.05) is 42.1 Å². The molecule has 0 fully saturated rings. The first-order valence-corrected chi connectivity index (χ1v) is 8.38. The van der Waals surface area contributed by atoms with Crippen LogP contribution in [0.4, 0.5) is 0 Å². The standard InChI is InChI=1S/C18H16N2O2S/c1-23-18-19-15(12-21)11-20(18)16-7-9-17(10-8-16)22-13-14-5-3-2-4-6-14/h2-12H,13H2,1H3. The number of aldehydes is 1. The van der Waals surface area contributed by atoms with Gasteiger partial charge in [-0.15, -0.1) is 0 Å². The van der Waals surface area contributed by atoms with Crippen molar-refractivity contribution in [3.8, 4) is 11.4 Å². The molecular formula is C18H16N2O2S. The highest BCUT2D eigenvalue weighted by Gasteiger charge is 2.08. The molecule has 4 nitrogen and oxygen atoms in total. The summed E-state index contributed by atoms with van der Waals surface area (Å²) in [5, 5.41) is 0.782. The van der Waals surface area contributed by atoms with Crippen molar-refractivity contribution in [3.05, 3.63) is 72.1 Å². The summed E-state index contributed by atoms with van der Waals surface area (Å²) < 4.78 is 7.68. The molecule has 1 aromatic heterocycles. The Kier molecular flexibility index (Phi) is 4.78. The summed E-state index contributed by atoms with van der Waals surface area (Å²) in [4.78, 5) is 15.1. The summed E-state index contributed by atoms with van der Waals surface area (Å²) in [6, 6.07) is 17.8. The Morgan fingerprint density at radius 1 is 1.13 bits per heavy atom. The topological polar surface area (TPSA) is 44.1 Å². The average Bonchev–Trinajstić information content (AvgIpc) is 3.05. The van der Waals surface area contributed by atoms with Gasteiger partial charge in [-0.2, -0.15) is 0 Å². The monoisotopic (exact) mass is 324 g/mol. The Morgan fingerprint density at radius 3 is 2.52 bits per heavy atom. The number of hydrogen-bond acceptors (Lipinski definition) is 4. The highest BCUT2D eigenvalue weighted by atomic mass is 32.2. The molecule has 0 radical (unpaired) electrons. The second-order valence-corrected chi connectivity index (χ2v) is 5.68. The zero-order valence-electron chi connectivity index (χ0n) is 12.7. The first-order chi connectivity index (χ1) is 11.3. The van der Waals surface area contributed by atoms with Gasteiger partial charge < -0.3 is 4.74 Å². The SMILES string of the molecule is CSc1nc(C=O)cn1-c1ccc(OCc2ccccc2)cc1. The maximum absolute atomic E-state index is 10.9. The molecule has 0 spiro atoms. The van der Waals surface area contributed by atoms with Crippen LogP contribution in [0, 0.1) is 0 Å². The molecule has 0 unspecified atom stereocenters. The van der Waals surface area contributed by atoms with E-state index in [9.17, 15) is 4.79 Å². The molecule has 3 rings (SSSR count). The Morgan fingerprint density at radius 2 is 1.87 bits per heavy atom. The minimum absolute atomic E-state index is 0.429. The fraction of sp³-hybridized carbons (Fsp3) is 0.111. The maximum atomic E-state index is 10.9. The van der Waals surface area contributed by atoms with Crippen molar-refractivity contribution in [2.24, 2.45) is 0 Å². The number of carbonyl (C=O) groups is 1. The van der Waals surface area contributed by atoms with E-state index in [0.29, 0.717) is 12.3 Å². The summed E-state index contributed by atoms with van der Waals surface area (Å²) in [5.41, 5.74) is 2.51. The molecule has 0 N–H and O–H groups in total. The lowest BCUT2D eigenvalue weighted by molar-refractivity contribution is 0.111. The van der Waals surface area contributed by atoms with E-state index in [1.54, 1.807) is 6.20 Å². The molecule has 0 saturated heterocycles. The molecule has 5 heteroatoms. The Hall–Kier alpha value is -2.53. The Balaban J connectivity index is 1.74. The number of benzene rings is 2. The Bertz CT molecular complexity index is 783. The van der Waals surface area contributed by atoms with Crippen molar-refractivity contribution in [1.82, 2.24) is 9.55 Å². The molecule has 23 heavy (non-hydrogen) atoms. The molecule has 2 aromatic carbocycles. The Labute approximate surface area is 139 Å². The van der Waals surface area contributed by atoms with E-state index in [4.69, 9.17) is 4.74 Å². The van der Waals surface area contributed by atoms with Crippen LogP contribution in [-0.4, -0.2) is 22.1 Å². The number of aromatic nitrogens is 2. The van der Waals surface area contributed by atoms with Crippen LogP contribution >= 0.6 is 11.8 Å². The van der Waals surface area contributed by atoms with Crippen LogP contribution < -0.4 is 4.74 Å². The summed E-state index contributed by atoms with van der Waals surface area (Å²) in [7, 11) is 0.